The van der Waals surface area contributed by atoms with E-state index in [1.807, 2.05) is 12.1 Å². The van der Waals surface area contributed by atoms with Crippen molar-refractivity contribution in [1.82, 2.24) is 0 Å². The first-order valence-electron chi connectivity index (χ1n) is 5.86. The van der Waals surface area contributed by atoms with Crippen LogP contribution in [0.15, 0.2) is 52.1 Å². The number of anilines is 1. The molecule has 0 bridgehead atoms. The van der Waals surface area contributed by atoms with Crippen molar-refractivity contribution in [2.45, 2.75) is 0 Å². The van der Waals surface area contributed by atoms with Crippen molar-refractivity contribution in [3.8, 4) is 0 Å². The lowest BCUT2D eigenvalue weighted by Gasteiger charge is -2.11. The highest BCUT2D eigenvalue weighted by molar-refractivity contribution is 14.1. The molecule has 0 fully saturated rings. The summed E-state index contributed by atoms with van der Waals surface area (Å²) in [5.41, 5.74) is 7.09. The maximum Gasteiger partial charge on any atom is 0.256 e. The summed E-state index contributed by atoms with van der Waals surface area (Å²) >= 11 is 5.43. The molecule has 5 nitrogen and oxygen atoms in total. The summed E-state index contributed by atoms with van der Waals surface area (Å²) in [7, 11) is 0. The van der Waals surface area contributed by atoms with Gasteiger partial charge in [-0.2, -0.15) is 0 Å². The zero-order valence-electron chi connectivity index (χ0n) is 10.7. The Hall–Kier alpha value is -1.61. The molecule has 2 aromatic carbocycles. The first-order chi connectivity index (χ1) is 10.0. The van der Waals surface area contributed by atoms with Gasteiger partial charge in [-0.1, -0.05) is 33.2 Å². The molecule has 0 aliphatic rings. The number of oxime groups is 1. The number of amides is 1. The number of rotatable bonds is 3. The lowest BCUT2D eigenvalue weighted by Crippen LogP contribution is -2.19. The average Bonchev–Trinajstić information content (AvgIpc) is 2.47. The van der Waals surface area contributed by atoms with Crippen molar-refractivity contribution in [1.29, 1.82) is 0 Å². The second-order valence-electron chi connectivity index (χ2n) is 4.11. The summed E-state index contributed by atoms with van der Waals surface area (Å²) in [4.78, 5) is 12.3. The number of amidine groups is 1. The Bertz CT molecular complexity index is 719. The molecule has 0 aromatic heterocycles. The van der Waals surface area contributed by atoms with Crippen LogP contribution in [0.3, 0.4) is 0 Å². The van der Waals surface area contributed by atoms with Crippen LogP contribution >= 0.6 is 38.5 Å². The molecule has 108 valence electrons. The van der Waals surface area contributed by atoms with Crippen molar-refractivity contribution in [2.75, 3.05) is 5.32 Å². The number of nitrogens with zero attached hydrogens (tertiary/aromatic N) is 1. The molecule has 0 unspecified atom stereocenters. The highest BCUT2D eigenvalue weighted by Gasteiger charge is 2.14. The Morgan fingerprint density at radius 2 is 1.95 bits per heavy atom. The van der Waals surface area contributed by atoms with Crippen LogP contribution in [0.2, 0.25) is 0 Å². The number of halogens is 2. The Morgan fingerprint density at radius 3 is 2.62 bits per heavy atom. The topological polar surface area (TPSA) is 87.7 Å². The van der Waals surface area contributed by atoms with E-state index in [0.29, 0.717) is 16.8 Å². The van der Waals surface area contributed by atoms with Gasteiger partial charge in [0.15, 0.2) is 5.84 Å². The molecule has 2 rings (SSSR count). The largest absolute Gasteiger partial charge is 0.409 e. The fraction of sp³-hybridized carbons (Fsp3) is 0. The Kier molecular flexibility index (Phi) is 5.18. The highest BCUT2D eigenvalue weighted by atomic mass is 127. The minimum Gasteiger partial charge on any atom is -0.409 e. The van der Waals surface area contributed by atoms with Crippen molar-refractivity contribution in [3.63, 3.8) is 0 Å². The molecule has 0 heterocycles. The van der Waals surface area contributed by atoms with Gasteiger partial charge in [0.05, 0.1) is 11.3 Å². The van der Waals surface area contributed by atoms with Crippen LogP contribution < -0.4 is 11.1 Å². The van der Waals surface area contributed by atoms with E-state index < -0.39 is 0 Å². The number of benzene rings is 2. The lowest BCUT2D eigenvalue weighted by atomic mass is 10.1. The van der Waals surface area contributed by atoms with Crippen LogP contribution in [0.25, 0.3) is 0 Å². The van der Waals surface area contributed by atoms with Gasteiger partial charge in [0.2, 0.25) is 0 Å². The number of nitrogens with one attached hydrogen (secondary N) is 1. The molecule has 2 aromatic rings. The van der Waals surface area contributed by atoms with Gasteiger partial charge in [-0.15, -0.1) is 0 Å². The van der Waals surface area contributed by atoms with Crippen LogP contribution in [0.1, 0.15) is 15.9 Å². The van der Waals surface area contributed by atoms with Crippen LogP contribution in [-0.4, -0.2) is 17.0 Å². The minimum absolute atomic E-state index is 0.0689. The molecule has 0 atom stereocenters. The predicted molar refractivity (Wildman–Crippen MR) is 93.8 cm³/mol. The molecule has 0 saturated heterocycles. The van der Waals surface area contributed by atoms with Gasteiger partial charge in [-0.25, -0.2) is 0 Å². The Labute approximate surface area is 143 Å². The zero-order chi connectivity index (χ0) is 15.4. The maximum atomic E-state index is 12.3. The minimum atomic E-state index is -0.259. The Balaban J connectivity index is 2.37. The first-order valence-corrected chi connectivity index (χ1v) is 7.73. The normalized spacial score (nSPS) is 11.2. The van der Waals surface area contributed by atoms with Crippen molar-refractivity contribution in [3.05, 3.63) is 61.6 Å². The van der Waals surface area contributed by atoms with Crippen LogP contribution in [0.4, 0.5) is 5.69 Å². The summed E-state index contributed by atoms with van der Waals surface area (Å²) in [5, 5.41) is 14.6. The molecule has 0 spiro atoms. The van der Waals surface area contributed by atoms with Gasteiger partial charge in [0, 0.05) is 13.6 Å². The fourth-order valence-electron chi connectivity index (χ4n) is 1.73. The summed E-state index contributed by atoms with van der Waals surface area (Å²) in [6, 6.07) is 12.3. The lowest BCUT2D eigenvalue weighted by molar-refractivity contribution is 0.102. The van der Waals surface area contributed by atoms with Gasteiger partial charge in [0.1, 0.15) is 0 Å². The van der Waals surface area contributed by atoms with E-state index in [2.05, 4.69) is 49.0 Å². The number of carbonyl (C=O) groups is 1. The van der Waals surface area contributed by atoms with Gasteiger partial charge >= 0.3 is 0 Å². The third-order valence-electron chi connectivity index (χ3n) is 2.73. The van der Waals surface area contributed by atoms with E-state index >= 15 is 0 Å². The standard InChI is InChI=1S/C14H11BrIN3O2/c15-8-5-6-10(13(17)19-21)12(7-8)18-14(20)9-3-1-2-4-11(9)16/h1-7,21H,(H2,17,19)(H,18,20). The first kappa shape index (κ1) is 15.8. The molecule has 21 heavy (non-hydrogen) atoms. The number of hydrogen-bond acceptors (Lipinski definition) is 3. The molecular formula is C14H11BrIN3O2. The molecule has 4 N–H and O–H groups in total. The van der Waals surface area contributed by atoms with Gasteiger partial charge in [-0.05, 0) is 52.9 Å². The van der Waals surface area contributed by atoms with E-state index in [9.17, 15) is 4.79 Å². The van der Waals surface area contributed by atoms with Crippen molar-refractivity contribution in [2.24, 2.45) is 10.9 Å². The molecule has 0 aliphatic heterocycles. The van der Waals surface area contributed by atoms with E-state index in [4.69, 9.17) is 10.9 Å². The van der Waals surface area contributed by atoms with Crippen LogP contribution in [-0.2, 0) is 0 Å². The third-order valence-corrected chi connectivity index (χ3v) is 4.17. The van der Waals surface area contributed by atoms with Crippen LogP contribution in [0, 0.1) is 3.57 Å². The molecule has 7 heteroatoms. The number of hydrogen-bond donors (Lipinski definition) is 3. The van der Waals surface area contributed by atoms with Gasteiger partial charge in [-0.3, -0.25) is 4.79 Å². The summed E-state index contributed by atoms with van der Waals surface area (Å²) in [6.07, 6.45) is 0. The van der Waals surface area contributed by atoms with Gasteiger partial charge < -0.3 is 16.3 Å². The monoisotopic (exact) mass is 459 g/mol. The second kappa shape index (κ2) is 6.90. The average molecular weight is 460 g/mol. The highest BCUT2D eigenvalue weighted by Crippen LogP contribution is 2.23. The maximum absolute atomic E-state index is 12.3. The van der Waals surface area contributed by atoms with Crippen LogP contribution in [0.5, 0.6) is 0 Å². The van der Waals surface area contributed by atoms with Crippen molar-refractivity contribution < 1.29 is 10.0 Å². The summed E-state index contributed by atoms with van der Waals surface area (Å²) in [6.45, 7) is 0. The second-order valence-corrected chi connectivity index (χ2v) is 6.19. The molecule has 1 amide bonds. The van der Waals surface area contributed by atoms with E-state index in [0.717, 1.165) is 8.04 Å². The molecule has 0 radical (unpaired) electrons. The van der Waals surface area contributed by atoms with E-state index in [1.54, 1.807) is 30.3 Å². The third kappa shape index (κ3) is 3.73. The summed E-state index contributed by atoms with van der Waals surface area (Å²) in [5.74, 6) is -0.328. The fourth-order valence-corrected chi connectivity index (χ4v) is 2.73. The summed E-state index contributed by atoms with van der Waals surface area (Å²) < 4.78 is 1.61. The SMILES string of the molecule is N/C(=N/O)c1ccc(Br)cc1NC(=O)c1ccccc1I. The van der Waals surface area contributed by atoms with Gasteiger partial charge in [0.25, 0.3) is 5.91 Å². The quantitative estimate of drug-likeness (QED) is 0.216. The molecule has 0 saturated carbocycles. The Morgan fingerprint density at radius 1 is 1.24 bits per heavy atom. The number of nitrogens with two attached hydrogens (primary N) is 1. The smallest absolute Gasteiger partial charge is 0.256 e. The predicted octanol–water partition coefficient (Wildman–Crippen LogP) is 3.40. The zero-order valence-corrected chi connectivity index (χ0v) is 14.4. The number of carbonyl (C=O) groups excluding carboxylic acids is 1. The molecule has 0 aliphatic carbocycles. The van der Waals surface area contributed by atoms with E-state index in [1.165, 1.54) is 0 Å². The van der Waals surface area contributed by atoms with E-state index in [-0.39, 0.29) is 11.7 Å². The molecular weight excluding hydrogens is 449 g/mol. The van der Waals surface area contributed by atoms with Crippen molar-refractivity contribution >= 4 is 56.0 Å².